The summed E-state index contributed by atoms with van der Waals surface area (Å²) in [5, 5.41) is 13.2. The van der Waals surface area contributed by atoms with Crippen molar-refractivity contribution in [3.63, 3.8) is 0 Å². The Bertz CT molecular complexity index is 632. The van der Waals surface area contributed by atoms with E-state index in [-0.39, 0.29) is 5.56 Å². The van der Waals surface area contributed by atoms with E-state index in [9.17, 15) is 4.79 Å². The highest BCUT2D eigenvalue weighted by molar-refractivity contribution is 6.35. The van der Waals surface area contributed by atoms with Gasteiger partial charge < -0.3 is 10.4 Å². The number of hydrogen-bond donors (Lipinski definition) is 2. The van der Waals surface area contributed by atoms with Gasteiger partial charge >= 0.3 is 5.97 Å². The molecule has 104 valence electrons. The highest BCUT2D eigenvalue weighted by Gasteiger charge is 2.10. The molecule has 0 saturated heterocycles. The summed E-state index contributed by atoms with van der Waals surface area (Å²) in [4.78, 5) is 15.1. The number of halogens is 2. The molecule has 0 aliphatic carbocycles. The normalized spacial score (nSPS) is 10.3. The maximum absolute atomic E-state index is 11.0. The van der Waals surface area contributed by atoms with Crippen LogP contribution in [0.5, 0.6) is 0 Å². The number of rotatable bonds is 5. The van der Waals surface area contributed by atoms with E-state index < -0.39 is 5.97 Å². The molecule has 6 heteroatoms. The molecule has 0 aliphatic heterocycles. The second kappa shape index (κ2) is 6.59. The molecular weight excluding hydrogens is 299 g/mol. The molecule has 1 heterocycles. The number of carboxylic acid groups (broad SMARTS) is 1. The van der Waals surface area contributed by atoms with Gasteiger partial charge in [-0.05, 0) is 36.2 Å². The lowest BCUT2D eigenvalue weighted by molar-refractivity contribution is 0.0697. The van der Waals surface area contributed by atoms with Crippen LogP contribution in [0.2, 0.25) is 10.0 Å². The summed E-state index contributed by atoms with van der Waals surface area (Å²) in [5.41, 5.74) is 1.09. The molecule has 1 aromatic carbocycles. The van der Waals surface area contributed by atoms with E-state index in [1.807, 2.05) is 6.07 Å². The topological polar surface area (TPSA) is 62.2 Å². The Labute approximate surface area is 126 Å². The Morgan fingerprint density at radius 3 is 2.80 bits per heavy atom. The van der Waals surface area contributed by atoms with Crippen LogP contribution >= 0.6 is 23.2 Å². The molecule has 2 N–H and O–H groups in total. The number of aromatic nitrogens is 1. The van der Waals surface area contributed by atoms with E-state index in [0.717, 1.165) is 5.56 Å². The minimum atomic E-state index is -1.01. The van der Waals surface area contributed by atoms with Crippen LogP contribution in [0.25, 0.3) is 0 Å². The van der Waals surface area contributed by atoms with E-state index in [2.05, 4.69) is 10.3 Å². The summed E-state index contributed by atoms with van der Waals surface area (Å²) >= 11 is 11.9. The molecule has 2 aromatic rings. The van der Waals surface area contributed by atoms with Crippen LogP contribution in [0.4, 0.5) is 5.82 Å². The number of benzene rings is 1. The van der Waals surface area contributed by atoms with Gasteiger partial charge in [0.1, 0.15) is 11.4 Å². The monoisotopic (exact) mass is 310 g/mol. The Hall–Kier alpha value is -1.78. The second-order valence-corrected chi connectivity index (χ2v) is 4.96. The lowest BCUT2D eigenvalue weighted by atomic mass is 10.1. The van der Waals surface area contributed by atoms with E-state index in [4.69, 9.17) is 28.3 Å². The van der Waals surface area contributed by atoms with Crippen molar-refractivity contribution in [3.8, 4) is 0 Å². The van der Waals surface area contributed by atoms with Crippen molar-refractivity contribution >= 4 is 35.0 Å². The predicted molar refractivity (Wildman–Crippen MR) is 79.9 cm³/mol. The van der Waals surface area contributed by atoms with Crippen molar-refractivity contribution in [2.45, 2.75) is 6.42 Å². The minimum Gasteiger partial charge on any atom is -0.478 e. The number of aromatic carboxylic acids is 1. The largest absolute Gasteiger partial charge is 0.478 e. The summed E-state index contributed by atoms with van der Waals surface area (Å²) < 4.78 is 0. The van der Waals surface area contributed by atoms with Gasteiger partial charge in [0.2, 0.25) is 0 Å². The fourth-order valence-electron chi connectivity index (χ4n) is 1.76. The number of pyridine rings is 1. The van der Waals surface area contributed by atoms with Crippen molar-refractivity contribution in [1.29, 1.82) is 0 Å². The highest BCUT2D eigenvalue weighted by atomic mass is 35.5. The third-order valence-corrected chi connectivity index (χ3v) is 3.33. The smallest absolute Gasteiger partial charge is 0.339 e. The zero-order valence-corrected chi connectivity index (χ0v) is 11.9. The van der Waals surface area contributed by atoms with Crippen molar-refractivity contribution in [1.82, 2.24) is 4.98 Å². The number of hydrogen-bond acceptors (Lipinski definition) is 3. The molecule has 4 nitrogen and oxygen atoms in total. The van der Waals surface area contributed by atoms with E-state index in [1.54, 1.807) is 24.4 Å². The first-order valence-electron chi connectivity index (χ1n) is 5.94. The van der Waals surface area contributed by atoms with Crippen molar-refractivity contribution < 1.29 is 9.90 Å². The Morgan fingerprint density at radius 2 is 2.10 bits per heavy atom. The standard InChI is InChI=1S/C14H12Cl2N2O2/c15-10-4-3-9(12(16)8-10)5-7-18-13-11(14(19)20)2-1-6-17-13/h1-4,6,8H,5,7H2,(H,17,18)(H,19,20). The predicted octanol–water partition coefficient (Wildman–Crippen LogP) is 3.74. The fourth-order valence-corrected chi connectivity index (χ4v) is 2.26. The van der Waals surface area contributed by atoms with Crippen LogP contribution in [0.1, 0.15) is 15.9 Å². The molecule has 0 fully saturated rings. The first-order chi connectivity index (χ1) is 9.58. The van der Waals surface area contributed by atoms with Crippen LogP contribution in [0, 0.1) is 0 Å². The maximum Gasteiger partial charge on any atom is 0.339 e. The third kappa shape index (κ3) is 3.62. The minimum absolute atomic E-state index is 0.148. The van der Waals surface area contributed by atoms with Gasteiger partial charge in [-0.1, -0.05) is 29.3 Å². The van der Waals surface area contributed by atoms with Crippen molar-refractivity contribution in [2.75, 3.05) is 11.9 Å². The molecule has 0 bridgehead atoms. The Balaban J connectivity index is 2.01. The lowest BCUT2D eigenvalue weighted by Gasteiger charge is -2.09. The lowest BCUT2D eigenvalue weighted by Crippen LogP contribution is -2.11. The van der Waals surface area contributed by atoms with Crippen LogP contribution in [-0.2, 0) is 6.42 Å². The molecule has 0 aliphatic rings. The first kappa shape index (κ1) is 14.6. The molecule has 1 aromatic heterocycles. The fraction of sp³-hybridized carbons (Fsp3) is 0.143. The van der Waals surface area contributed by atoms with Crippen LogP contribution in [0.3, 0.4) is 0 Å². The van der Waals surface area contributed by atoms with Crippen LogP contribution in [0.15, 0.2) is 36.5 Å². The molecule has 0 spiro atoms. The van der Waals surface area contributed by atoms with Crippen molar-refractivity contribution in [3.05, 3.63) is 57.7 Å². The zero-order valence-electron chi connectivity index (χ0n) is 10.4. The van der Waals surface area contributed by atoms with E-state index >= 15 is 0 Å². The van der Waals surface area contributed by atoms with Crippen LogP contribution in [-0.4, -0.2) is 22.6 Å². The molecule has 0 unspecified atom stereocenters. The highest BCUT2D eigenvalue weighted by Crippen LogP contribution is 2.21. The van der Waals surface area contributed by atoms with Gasteiger partial charge in [-0.2, -0.15) is 0 Å². The first-order valence-corrected chi connectivity index (χ1v) is 6.69. The van der Waals surface area contributed by atoms with Gasteiger partial charge in [-0.15, -0.1) is 0 Å². The molecule has 20 heavy (non-hydrogen) atoms. The van der Waals surface area contributed by atoms with Gasteiger partial charge in [0, 0.05) is 22.8 Å². The summed E-state index contributed by atoms with van der Waals surface area (Å²) in [6, 6.07) is 8.40. The maximum atomic E-state index is 11.0. The molecule has 0 saturated carbocycles. The van der Waals surface area contributed by atoms with Gasteiger partial charge in [-0.25, -0.2) is 9.78 Å². The molecule has 2 rings (SSSR count). The molecule has 0 amide bonds. The summed E-state index contributed by atoms with van der Waals surface area (Å²) in [7, 11) is 0. The number of anilines is 1. The third-order valence-electron chi connectivity index (χ3n) is 2.74. The summed E-state index contributed by atoms with van der Waals surface area (Å²) in [6.07, 6.45) is 2.19. The molecular formula is C14H12Cl2N2O2. The number of nitrogens with zero attached hydrogens (tertiary/aromatic N) is 1. The zero-order chi connectivity index (χ0) is 14.5. The van der Waals surface area contributed by atoms with Gasteiger partial charge in [0.15, 0.2) is 0 Å². The summed E-state index contributed by atoms with van der Waals surface area (Å²) in [5.74, 6) is -0.657. The Morgan fingerprint density at radius 1 is 1.30 bits per heavy atom. The molecule has 0 radical (unpaired) electrons. The number of nitrogens with one attached hydrogen (secondary N) is 1. The molecule has 0 atom stereocenters. The van der Waals surface area contributed by atoms with Crippen molar-refractivity contribution in [2.24, 2.45) is 0 Å². The number of carbonyl (C=O) groups is 1. The average molecular weight is 311 g/mol. The van der Waals surface area contributed by atoms with E-state index in [0.29, 0.717) is 28.8 Å². The van der Waals surface area contributed by atoms with Gasteiger partial charge in [0.25, 0.3) is 0 Å². The van der Waals surface area contributed by atoms with Crippen LogP contribution < -0.4 is 5.32 Å². The summed E-state index contributed by atoms with van der Waals surface area (Å²) in [6.45, 7) is 0.526. The second-order valence-electron chi connectivity index (χ2n) is 4.12. The van der Waals surface area contributed by atoms with E-state index in [1.165, 1.54) is 6.07 Å². The quantitative estimate of drug-likeness (QED) is 0.883. The average Bonchev–Trinajstić information content (AvgIpc) is 2.41. The Kier molecular flexibility index (Phi) is 4.82. The van der Waals surface area contributed by atoms with Gasteiger partial charge in [0.05, 0.1) is 0 Å². The SMILES string of the molecule is O=C(O)c1cccnc1NCCc1ccc(Cl)cc1Cl. The van der Waals surface area contributed by atoms with Gasteiger partial charge in [-0.3, -0.25) is 0 Å². The number of carboxylic acids is 1.